The fraction of sp³-hybridized carbons (Fsp3) is 0.409. The highest BCUT2D eigenvalue weighted by Gasteiger charge is 2.31. The van der Waals surface area contributed by atoms with E-state index in [2.05, 4.69) is 23.3 Å². The third-order valence-corrected chi connectivity index (χ3v) is 5.60. The third kappa shape index (κ3) is 3.96. The number of likely N-dealkylation sites (tertiary alicyclic amines) is 1. The van der Waals surface area contributed by atoms with Gasteiger partial charge >= 0.3 is 0 Å². The molecule has 0 aliphatic carbocycles. The zero-order valence-corrected chi connectivity index (χ0v) is 16.9. The molecule has 7 heteroatoms. The van der Waals surface area contributed by atoms with Crippen molar-refractivity contribution in [2.45, 2.75) is 18.4 Å². The first-order chi connectivity index (χ1) is 14.1. The molecule has 0 spiro atoms. The molecule has 4 rings (SSSR count). The largest absolute Gasteiger partial charge is 0.493 e. The van der Waals surface area contributed by atoms with Crippen LogP contribution in [0.1, 0.15) is 28.3 Å². The molecule has 0 saturated carbocycles. The number of methoxy groups -OCH3 is 2. The highest BCUT2D eigenvalue weighted by atomic mass is 16.7. The first-order valence-corrected chi connectivity index (χ1v) is 9.70. The summed E-state index contributed by atoms with van der Waals surface area (Å²) in [5, 5.41) is 3.23. The molecule has 2 aliphatic rings. The predicted molar refractivity (Wildman–Crippen MR) is 108 cm³/mol. The van der Waals surface area contributed by atoms with Crippen LogP contribution in [0.2, 0.25) is 0 Å². The number of amides is 1. The zero-order valence-electron chi connectivity index (χ0n) is 16.9. The second-order valence-electron chi connectivity index (χ2n) is 7.42. The molecule has 1 amide bonds. The maximum absolute atomic E-state index is 13.0. The lowest BCUT2D eigenvalue weighted by atomic mass is 9.85. The second kappa shape index (κ2) is 8.21. The summed E-state index contributed by atoms with van der Waals surface area (Å²) in [4.78, 5) is 15.2. The van der Waals surface area contributed by atoms with Gasteiger partial charge in [0.2, 0.25) is 6.79 Å². The molecule has 0 aromatic heterocycles. The van der Waals surface area contributed by atoms with Crippen molar-refractivity contribution in [3.05, 3.63) is 47.5 Å². The highest BCUT2D eigenvalue weighted by Crippen LogP contribution is 2.37. The van der Waals surface area contributed by atoms with Gasteiger partial charge in [0.05, 0.1) is 14.2 Å². The molecule has 29 heavy (non-hydrogen) atoms. The van der Waals surface area contributed by atoms with E-state index in [1.807, 2.05) is 12.1 Å². The number of nitrogens with zero attached hydrogens (tertiary/aromatic N) is 1. The summed E-state index contributed by atoms with van der Waals surface area (Å²) in [6.45, 7) is 2.04. The molecule has 1 fully saturated rings. The Labute approximate surface area is 170 Å². The van der Waals surface area contributed by atoms with Crippen LogP contribution in [0.25, 0.3) is 0 Å². The average molecular weight is 398 g/mol. The lowest BCUT2D eigenvalue weighted by Crippen LogP contribution is -2.48. The maximum Gasteiger partial charge on any atom is 0.251 e. The number of hydrogen-bond acceptors (Lipinski definition) is 6. The number of fused-ring (bicyclic) bond motifs is 1. The van der Waals surface area contributed by atoms with Gasteiger partial charge in [-0.15, -0.1) is 0 Å². The van der Waals surface area contributed by atoms with Gasteiger partial charge in [-0.2, -0.15) is 0 Å². The van der Waals surface area contributed by atoms with Gasteiger partial charge in [0.1, 0.15) is 0 Å². The number of hydrogen-bond donors (Lipinski definition) is 1. The molecular formula is C22H26N2O5. The molecule has 2 aliphatic heterocycles. The minimum Gasteiger partial charge on any atom is -0.493 e. The number of carbonyl (C=O) groups excluding carboxylic acids is 1. The predicted octanol–water partition coefficient (Wildman–Crippen LogP) is 2.65. The van der Waals surface area contributed by atoms with E-state index in [1.165, 1.54) is 0 Å². The standard InChI is InChI=1S/C22H26N2O5/c1-24-9-8-17(16(12-24)14-4-7-19-21(10-14)29-13-28-19)23-22(25)15-5-6-18(26-2)20(11-15)27-3/h4-7,10-11,16-17H,8-9,12-13H2,1-3H3,(H,23,25)/t16-,17-/m0/s1. The van der Waals surface area contributed by atoms with Crippen LogP contribution < -0.4 is 24.3 Å². The molecule has 1 saturated heterocycles. The lowest BCUT2D eigenvalue weighted by Gasteiger charge is -2.37. The van der Waals surface area contributed by atoms with Crippen molar-refractivity contribution < 1.29 is 23.7 Å². The van der Waals surface area contributed by atoms with Crippen LogP contribution in [-0.4, -0.2) is 58.0 Å². The van der Waals surface area contributed by atoms with Crippen LogP contribution in [-0.2, 0) is 0 Å². The topological polar surface area (TPSA) is 69.3 Å². The minimum atomic E-state index is -0.119. The van der Waals surface area contributed by atoms with Crippen LogP contribution in [0.3, 0.4) is 0 Å². The summed E-state index contributed by atoms with van der Waals surface area (Å²) in [5.41, 5.74) is 1.68. The number of nitrogens with one attached hydrogen (secondary N) is 1. The van der Waals surface area contributed by atoms with Gasteiger partial charge in [0.25, 0.3) is 5.91 Å². The number of piperidine rings is 1. The summed E-state index contributed by atoms with van der Waals surface area (Å²) in [5.74, 6) is 2.71. The van der Waals surface area contributed by atoms with Gasteiger partial charge in [0.15, 0.2) is 23.0 Å². The Morgan fingerprint density at radius 1 is 1.07 bits per heavy atom. The quantitative estimate of drug-likeness (QED) is 0.835. The number of rotatable bonds is 5. The van der Waals surface area contributed by atoms with Crippen molar-refractivity contribution in [2.24, 2.45) is 0 Å². The Balaban J connectivity index is 1.55. The Hall–Kier alpha value is -2.93. The molecule has 2 aromatic carbocycles. The van der Waals surface area contributed by atoms with Crippen LogP contribution in [0.15, 0.2) is 36.4 Å². The van der Waals surface area contributed by atoms with E-state index < -0.39 is 0 Å². The number of benzene rings is 2. The lowest BCUT2D eigenvalue weighted by molar-refractivity contribution is 0.0904. The summed E-state index contributed by atoms with van der Waals surface area (Å²) in [6, 6.07) is 11.3. The first-order valence-electron chi connectivity index (χ1n) is 9.70. The molecule has 0 radical (unpaired) electrons. The van der Waals surface area contributed by atoms with Crippen molar-refractivity contribution in [3.8, 4) is 23.0 Å². The summed E-state index contributed by atoms with van der Waals surface area (Å²) < 4.78 is 21.6. The van der Waals surface area contributed by atoms with E-state index >= 15 is 0 Å². The van der Waals surface area contributed by atoms with E-state index in [4.69, 9.17) is 18.9 Å². The zero-order chi connectivity index (χ0) is 20.4. The van der Waals surface area contributed by atoms with Crippen LogP contribution >= 0.6 is 0 Å². The van der Waals surface area contributed by atoms with Crippen LogP contribution in [0.4, 0.5) is 0 Å². The number of likely N-dealkylation sites (N-methyl/N-ethyl adjacent to an activating group) is 1. The van der Waals surface area contributed by atoms with E-state index in [-0.39, 0.29) is 24.7 Å². The molecule has 7 nitrogen and oxygen atoms in total. The fourth-order valence-corrected chi connectivity index (χ4v) is 4.00. The van der Waals surface area contributed by atoms with Crippen molar-refractivity contribution in [1.82, 2.24) is 10.2 Å². The Bertz CT molecular complexity index is 901. The Kier molecular flexibility index (Phi) is 5.49. The second-order valence-corrected chi connectivity index (χ2v) is 7.42. The van der Waals surface area contributed by atoms with Gasteiger partial charge in [-0.05, 0) is 55.9 Å². The maximum atomic E-state index is 13.0. The molecule has 0 unspecified atom stereocenters. The van der Waals surface area contributed by atoms with Gasteiger partial charge in [-0.1, -0.05) is 6.07 Å². The highest BCUT2D eigenvalue weighted by molar-refractivity contribution is 5.95. The van der Waals surface area contributed by atoms with E-state index in [0.717, 1.165) is 36.6 Å². The van der Waals surface area contributed by atoms with Gasteiger partial charge < -0.3 is 29.2 Å². The Morgan fingerprint density at radius 3 is 2.66 bits per heavy atom. The van der Waals surface area contributed by atoms with E-state index in [9.17, 15) is 4.79 Å². The molecule has 154 valence electrons. The van der Waals surface area contributed by atoms with Gasteiger partial charge in [-0.25, -0.2) is 0 Å². The molecule has 2 heterocycles. The molecular weight excluding hydrogens is 372 g/mol. The van der Waals surface area contributed by atoms with Gasteiger partial charge in [0, 0.05) is 24.1 Å². The number of ether oxygens (including phenoxy) is 4. The van der Waals surface area contributed by atoms with Gasteiger partial charge in [-0.3, -0.25) is 4.79 Å². The molecule has 0 bridgehead atoms. The Morgan fingerprint density at radius 2 is 1.86 bits per heavy atom. The SMILES string of the molecule is COc1ccc(C(=O)N[C@H]2CCN(C)C[C@H]2c2ccc3c(c2)OCO3)cc1OC. The summed E-state index contributed by atoms with van der Waals surface area (Å²) in [6.07, 6.45) is 0.870. The summed E-state index contributed by atoms with van der Waals surface area (Å²) in [7, 11) is 5.24. The van der Waals surface area contributed by atoms with Crippen LogP contribution in [0.5, 0.6) is 23.0 Å². The molecule has 2 aromatic rings. The fourth-order valence-electron chi connectivity index (χ4n) is 4.00. The smallest absolute Gasteiger partial charge is 0.251 e. The molecule has 2 atom stereocenters. The van der Waals surface area contributed by atoms with E-state index in [0.29, 0.717) is 17.1 Å². The van der Waals surface area contributed by atoms with E-state index in [1.54, 1.807) is 32.4 Å². The minimum absolute atomic E-state index is 0.0205. The van der Waals surface area contributed by atoms with Crippen molar-refractivity contribution in [3.63, 3.8) is 0 Å². The van der Waals surface area contributed by atoms with Crippen molar-refractivity contribution >= 4 is 5.91 Å². The van der Waals surface area contributed by atoms with Crippen LogP contribution in [0, 0.1) is 0 Å². The average Bonchev–Trinajstić information content (AvgIpc) is 3.22. The normalized spacial score (nSPS) is 20.9. The first kappa shape index (κ1) is 19.4. The number of carbonyl (C=O) groups is 1. The van der Waals surface area contributed by atoms with Crippen molar-refractivity contribution in [2.75, 3.05) is 41.1 Å². The summed E-state index contributed by atoms with van der Waals surface area (Å²) >= 11 is 0. The third-order valence-electron chi connectivity index (χ3n) is 5.60. The molecule has 1 N–H and O–H groups in total. The van der Waals surface area contributed by atoms with Crippen molar-refractivity contribution in [1.29, 1.82) is 0 Å². The monoisotopic (exact) mass is 398 g/mol.